The fraction of sp³-hybridized carbons (Fsp3) is 0.450. The molecule has 1 saturated heterocycles. The molecule has 7 heteroatoms. The number of nitrogens with two attached hydrogens (primary N) is 1. The fourth-order valence-corrected chi connectivity index (χ4v) is 3.91. The predicted molar refractivity (Wildman–Crippen MR) is 107 cm³/mol. The maximum Gasteiger partial charge on any atom is 0.157 e. The van der Waals surface area contributed by atoms with E-state index in [1.165, 1.54) is 5.56 Å². The smallest absolute Gasteiger partial charge is 0.157 e. The molecular weight excluding hydrogens is 338 g/mol. The molecule has 0 amide bonds. The first-order valence-corrected chi connectivity index (χ1v) is 9.52. The van der Waals surface area contributed by atoms with E-state index >= 15 is 0 Å². The molecular formula is C20H27N7. The monoisotopic (exact) mass is 365 g/mol. The van der Waals surface area contributed by atoms with Gasteiger partial charge >= 0.3 is 0 Å². The molecule has 1 aliphatic heterocycles. The third kappa shape index (κ3) is 3.60. The normalized spacial score (nSPS) is 16.2. The lowest BCUT2D eigenvalue weighted by molar-refractivity contribution is 0.203. The molecule has 0 bridgehead atoms. The number of rotatable bonds is 5. The second-order valence-corrected chi connectivity index (χ2v) is 7.46. The Bertz CT molecular complexity index is 960. The number of piperidine rings is 1. The lowest BCUT2D eigenvalue weighted by Gasteiger charge is -2.31. The van der Waals surface area contributed by atoms with E-state index in [1.54, 1.807) is 4.52 Å². The zero-order valence-electron chi connectivity index (χ0n) is 16.1. The maximum absolute atomic E-state index is 6.18. The minimum absolute atomic E-state index is 0.452. The second-order valence-electron chi connectivity index (χ2n) is 7.46. The summed E-state index contributed by atoms with van der Waals surface area (Å²) in [5, 5.41) is 8.94. The molecule has 27 heavy (non-hydrogen) atoms. The number of aromatic nitrogens is 5. The highest BCUT2D eigenvalue weighted by Gasteiger charge is 2.23. The van der Waals surface area contributed by atoms with Gasteiger partial charge in [0.2, 0.25) is 0 Å². The summed E-state index contributed by atoms with van der Waals surface area (Å²) < 4.78 is 3.68. The Morgan fingerprint density at radius 3 is 2.74 bits per heavy atom. The lowest BCUT2D eigenvalue weighted by Crippen LogP contribution is -2.32. The van der Waals surface area contributed by atoms with Crippen LogP contribution in [0.2, 0.25) is 0 Å². The highest BCUT2D eigenvalue weighted by molar-refractivity contribution is 5.48. The number of likely N-dealkylation sites (tertiary alicyclic amines) is 1. The summed E-state index contributed by atoms with van der Waals surface area (Å²) in [5.41, 5.74) is 11.5. The minimum atomic E-state index is 0.452. The van der Waals surface area contributed by atoms with Crippen molar-refractivity contribution in [3.05, 3.63) is 53.6 Å². The number of allylic oxidation sites excluding steroid dienone is 1. The van der Waals surface area contributed by atoms with E-state index in [1.807, 2.05) is 29.8 Å². The standard InChI is InChI=1S/C20H27N7/c1-4-7-26-13-17(15(3)24-26)12-25-8-5-16(6-9-25)18-11-19(21)27-20(22-18)10-14(2)23-27/h4,10-11,13,16H,1,5-9,12,21H2,2-3H3. The van der Waals surface area contributed by atoms with Gasteiger partial charge in [0.15, 0.2) is 5.65 Å². The van der Waals surface area contributed by atoms with Crippen LogP contribution in [0.1, 0.15) is 41.4 Å². The number of fused-ring (bicyclic) bond motifs is 1. The molecule has 0 unspecified atom stereocenters. The third-order valence-corrected chi connectivity index (χ3v) is 5.36. The quantitative estimate of drug-likeness (QED) is 0.704. The molecule has 0 aromatic carbocycles. The molecule has 142 valence electrons. The van der Waals surface area contributed by atoms with Crippen LogP contribution in [0.3, 0.4) is 0 Å². The Hall–Kier alpha value is -2.67. The first-order valence-electron chi connectivity index (χ1n) is 9.52. The van der Waals surface area contributed by atoms with Crippen LogP contribution in [-0.4, -0.2) is 42.4 Å². The summed E-state index contributed by atoms with van der Waals surface area (Å²) in [7, 11) is 0. The first kappa shape index (κ1) is 17.7. The van der Waals surface area contributed by atoms with Crippen molar-refractivity contribution in [2.45, 2.75) is 45.7 Å². The van der Waals surface area contributed by atoms with E-state index in [4.69, 9.17) is 10.7 Å². The third-order valence-electron chi connectivity index (χ3n) is 5.36. The second kappa shape index (κ2) is 7.15. The van der Waals surface area contributed by atoms with Gasteiger partial charge in [-0.25, -0.2) is 4.98 Å². The molecule has 2 N–H and O–H groups in total. The van der Waals surface area contributed by atoms with E-state index in [9.17, 15) is 0 Å². The zero-order valence-corrected chi connectivity index (χ0v) is 16.1. The zero-order chi connectivity index (χ0) is 19.0. The van der Waals surface area contributed by atoms with Gasteiger partial charge in [-0.05, 0) is 39.8 Å². The van der Waals surface area contributed by atoms with Crippen LogP contribution < -0.4 is 5.73 Å². The Morgan fingerprint density at radius 1 is 1.22 bits per heavy atom. The van der Waals surface area contributed by atoms with E-state index in [0.29, 0.717) is 11.7 Å². The number of aryl methyl sites for hydroxylation is 2. The number of nitrogens with zero attached hydrogens (tertiary/aromatic N) is 6. The van der Waals surface area contributed by atoms with Gasteiger partial charge < -0.3 is 5.73 Å². The number of anilines is 1. The van der Waals surface area contributed by atoms with Gasteiger partial charge in [-0.15, -0.1) is 6.58 Å². The van der Waals surface area contributed by atoms with Crippen molar-refractivity contribution >= 4 is 11.5 Å². The largest absolute Gasteiger partial charge is 0.384 e. The Balaban J connectivity index is 1.42. The van der Waals surface area contributed by atoms with Gasteiger partial charge in [0, 0.05) is 42.0 Å². The minimum Gasteiger partial charge on any atom is -0.384 e. The van der Waals surface area contributed by atoms with Crippen molar-refractivity contribution in [2.75, 3.05) is 18.8 Å². The molecule has 0 aliphatic carbocycles. The highest BCUT2D eigenvalue weighted by Crippen LogP contribution is 2.29. The molecule has 4 heterocycles. The summed E-state index contributed by atoms with van der Waals surface area (Å²) in [4.78, 5) is 7.31. The molecule has 0 radical (unpaired) electrons. The molecule has 3 aromatic heterocycles. The summed E-state index contributed by atoms with van der Waals surface area (Å²) in [6.07, 6.45) is 6.20. The van der Waals surface area contributed by atoms with E-state index < -0.39 is 0 Å². The van der Waals surface area contributed by atoms with Crippen LogP contribution in [-0.2, 0) is 13.1 Å². The van der Waals surface area contributed by atoms with Crippen LogP contribution in [0.15, 0.2) is 31.0 Å². The van der Waals surface area contributed by atoms with Crippen LogP contribution >= 0.6 is 0 Å². The van der Waals surface area contributed by atoms with Crippen molar-refractivity contribution in [3.8, 4) is 0 Å². The van der Waals surface area contributed by atoms with Crippen molar-refractivity contribution in [1.82, 2.24) is 29.3 Å². The first-order chi connectivity index (χ1) is 13.0. The van der Waals surface area contributed by atoms with Gasteiger partial charge in [-0.2, -0.15) is 14.7 Å². The van der Waals surface area contributed by atoms with Crippen molar-refractivity contribution in [2.24, 2.45) is 0 Å². The maximum atomic E-state index is 6.18. The average molecular weight is 365 g/mol. The molecule has 3 aromatic rings. The molecule has 0 saturated carbocycles. The van der Waals surface area contributed by atoms with Crippen molar-refractivity contribution < 1.29 is 0 Å². The SMILES string of the molecule is C=CCn1cc(CN2CCC(c3cc(N)n4nc(C)cc4n3)CC2)c(C)n1. The van der Waals surface area contributed by atoms with Gasteiger partial charge in [-0.3, -0.25) is 9.58 Å². The Labute approximate surface area is 159 Å². The molecule has 0 spiro atoms. The number of hydrogen-bond donors (Lipinski definition) is 1. The van der Waals surface area contributed by atoms with Gasteiger partial charge in [0.05, 0.1) is 17.9 Å². The summed E-state index contributed by atoms with van der Waals surface area (Å²) in [6.45, 7) is 11.6. The van der Waals surface area contributed by atoms with Crippen LogP contribution in [0, 0.1) is 13.8 Å². The van der Waals surface area contributed by atoms with Crippen LogP contribution in [0.4, 0.5) is 5.82 Å². The Kier molecular flexibility index (Phi) is 4.70. The van der Waals surface area contributed by atoms with E-state index in [-0.39, 0.29) is 0 Å². The van der Waals surface area contributed by atoms with Gasteiger partial charge in [0.25, 0.3) is 0 Å². The predicted octanol–water partition coefficient (Wildman–Crippen LogP) is 2.69. The van der Waals surface area contributed by atoms with Gasteiger partial charge in [0.1, 0.15) is 5.82 Å². The van der Waals surface area contributed by atoms with E-state index in [2.05, 4.69) is 34.8 Å². The molecule has 4 rings (SSSR count). The molecule has 7 nitrogen and oxygen atoms in total. The topological polar surface area (TPSA) is 77.3 Å². The number of hydrogen-bond acceptors (Lipinski definition) is 5. The molecule has 1 aliphatic rings. The molecule has 1 fully saturated rings. The molecule has 0 atom stereocenters. The fourth-order valence-electron chi connectivity index (χ4n) is 3.91. The lowest BCUT2D eigenvalue weighted by atomic mass is 9.93. The van der Waals surface area contributed by atoms with Crippen molar-refractivity contribution in [3.63, 3.8) is 0 Å². The van der Waals surface area contributed by atoms with Crippen LogP contribution in [0.5, 0.6) is 0 Å². The van der Waals surface area contributed by atoms with Gasteiger partial charge in [-0.1, -0.05) is 6.08 Å². The summed E-state index contributed by atoms with van der Waals surface area (Å²) >= 11 is 0. The summed E-state index contributed by atoms with van der Waals surface area (Å²) in [6, 6.07) is 3.97. The average Bonchev–Trinajstić information content (AvgIpc) is 3.18. The van der Waals surface area contributed by atoms with Crippen molar-refractivity contribution in [1.29, 1.82) is 0 Å². The van der Waals surface area contributed by atoms with E-state index in [0.717, 1.165) is 61.7 Å². The van der Waals surface area contributed by atoms with Crippen LogP contribution in [0.25, 0.3) is 5.65 Å². The Morgan fingerprint density at radius 2 is 2.00 bits per heavy atom. The highest BCUT2D eigenvalue weighted by atomic mass is 15.3. The summed E-state index contributed by atoms with van der Waals surface area (Å²) in [5.74, 6) is 1.11. The number of nitrogen functional groups attached to an aromatic ring is 1.